The Kier molecular flexibility index (Phi) is 4.33. The molecule has 0 saturated carbocycles. The molecule has 3 aromatic rings. The Balaban J connectivity index is 1.73. The monoisotopic (exact) mass is 398 g/mol. The van der Waals surface area contributed by atoms with E-state index in [0.717, 1.165) is 21.7 Å². The number of hydrogen-bond donors (Lipinski definition) is 1. The minimum Gasteiger partial charge on any atom is -0.319 e. The SMILES string of the molecule is CC1(c2cccc3ccccc23)NC(=O)N(Cc2ccccc2C(F)(F)F)C1=O. The number of carbonyl (C=O) groups is 2. The molecule has 1 atom stereocenters. The lowest BCUT2D eigenvalue weighted by Crippen LogP contribution is -2.41. The zero-order chi connectivity index (χ0) is 20.8. The molecule has 148 valence electrons. The van der Waals surface area contributed by atoms with E-state index < -0.39 is 35.8 Å². The summed E-state index contributed by atoms with van der Waals surface area (Å²) in [6.45, 7) is 1.12. The zero-order valence-electron chi connectivity index (χ0n) is 15.5. The van der Waals surface area contributed by atoms with Gasteiger partial charge in [-0.15, -0.1) is 0 Å². The predicted molar refractivity (Wildman–Crippen MR) is 102 cm³/mol. The van der Waals surface area contributed by atoms with Crippen molar-refractivity contribution in [2.75, 3.05) is 0 Å². The molecule has 1 saturated heterocycles. The van der Waals surface area contributed by atoms with Gasteiger partial charge in [-0.2, -0.15) is 13.2 Å². The maximum Gasteiger partial charge on any atom is 0.416 e. The third kappa shape index (κ3) is 3.12. The van der Waals surface area contributed by atoms with Gasteiger partial charge in [-0.05, 0) is 34.9 Å². The number of imide groups is 1. The largest absolute Gasteiger partial charge is 0.416 e. The first kappa shape index (κ1) is 19.0. The van der Waals surface area contributed by atoms with Crippen molar-refractivity contribution >= 4 is 22.7 Å². The van der Waals surface area contributed by atoms with Gasteiger partial charge in [0.1, 0.15) is 5.54 Å². The van der Waals surface area contributed by atoms with Crippen LogP contribution in [0.5, 0.6) is 0 Å². The molecule has 1 N–H and O–H groups in total. The van der Waals surface area contributed by atoms with Gasteiger partial charge in [0.2, 0.25) is 0 Å². The Morgan fingerprint density at radius 1 is 0.931 bits per heavy atom. The number of alkyl halides is 3. The van der Waals surface area contributed by atoms with Crippen molar-refractivity contribution in [3.8, 4) is 0 Å². The van der Waals surface area contributed by atoms with Crippen LogP contribution in [0.1, 0.15) is 23.6 Å². The smallest absolute Gasteiger partial charge is 0.319 e. The number of hydrogen-bond acceptors (Lipinski definition) is 2. The molecule has 3 amide bonds. The van der Waals surface area contributed by atoms with E-state index in [-0.39, 0.29) is 5.56 Å². The summed E-state index contributed by atoms with van der Waals surface area (Å²) < 4.78 is 39.9. The highest BCUT2D eigenvalue weighted by atomic mass is 19.4. The summed E-state index contributed by atoms with van der Waals surface area (Å²) >= 11 is 0. The molecule has 4 rings (SSSR count). The first-order chi connectivity index (χ1) is 13.7. The summed E-state index contributed by atoms with van der Waals surface area (Å²) in [5, 5.41) is 4.37. The Labute approximate surface area is 164 Å². The van der Waals surface area contributed by atoms with E-state index in [1.165, 1.54) is 18.2 Å². The Morgan fingerprint density at radius 2 is 1.59 bits per heavy atom. The lowest BCUT2D eigenvalue weighted by atomic mass is 9.87. The maximum absolute atomic E-state index is 13.3. The van der Waals surface area contributed by atoms with Crippen LogP contribution in [0.3, 0.4) is 0 Å². The van der Waals surface area contributed by atoms with Crippen molar-refractivity contribution in [3.63, 3.8) is 0 Å². The maximum atomic E-state index is 13.3. The molecule has 1 fully saturated rings. The average Bonchev–Trinajstić information content (AvgIpc) is 2.91. The van der Waals surface area contributed by atoms with Gasteiger partial charge >= 0.3 is 12.2 Å². The standard InChI is InChI=1S/C22H17F3N2O2/c1-21(18-12-6-9-14-7-2-4-10-16(14)18)19(28)27(20(29)26-21)13-15-8-3-5-11-17(15)22(23,24)25/h2-12H,13H2,1H3,(H,26,29). The van der Waals surface area contributed by atoms with Crippen LogP contribution >= 0.6 is 0 Å². The van der Waals surface area contributed by atoms with Crippen molar-refractivity contribution in [2.24, 2.45) is 0 Å². The Bertz CT molecular complexity index is 1120. The molecule has 1 aliphatic rings. The van der Waals surface area contributed by atoms with Crippen LogP contribution in [-0.4, -0.2) is 16.8 Å². The summed E-state index contributed by atoms with van der Waals surface area (Å²) in [7, 11) is 0. The van der Waals surface area contributed by atoms with Crippen LogP contribution in [0.4, 0.5) is 18.0 Å². The molecule has 1 aliphatic heterocycles. The molecule has 29 heavy (non-hydrogen) atoms. The first-order valence-corrected chi connectivity index (χ1v) is 8.99. The highest BCUT2D eigenvalue weighted by molar-refractivity contribution is 6.09. The number of carbonyl (C=O) groups excluding carboxylic acids is 2. The summed E-state index contributed by atoms with van der Waals surface area (Å²) in [6, 6.07) is 17.1. The van der Waals surface area contributed by atoms with Crippen LogP contribution in [0, 0.1) is 0 Å². The second-order valence-electron chi connectivity index (χ2n) is 7.13. The van der Waals surface area contributed by atoms with Crippen LogP contribution in [0.2, 0.25) is 0 Å². The van der Waals surface area contributed by atoms with Crippen molar-refractivity contribution in [1.29, 1.82) is 0 Å². The zero-order valence-corrected chi connectivity index (χ0v) is 15.5. The second kappa shape index (κ2) is 6.62. The van der Waals surface area contributed by atoms with E-state index in [9.17, 15) is 22.8 Å². The van der Waals surface area contributed by atoms with Gasteiger partial charge in [-0.25, -0.2) is 4.79 Å². The number of benzene rings is 3. The number of fused-ring (bicyclic) bond motifs is 1. The van der Waals surface area contributed by atoms with Crippen molar-refractivity contribution in [2.45, 2.75) is 25.2 Å². The van der Waals surface area contributed by atoms with Crippen LogP contribution in [-0.2, 0) is 23.1 Å². The number of halogens is 3. The highest BCUT2D eigenvalue weighted by Gasteiger charge is 2.50. The minimum absolute atomic E-state index is 0.134. The Morgan fingerprint density at radius 3 is 2.34 bits per heavy atom. The van der Waals surface area contributed by atoms with E-state index in [1.54, 1.807) is 19.1 Å². The fraction of sp³-hybridized carbons (Fsp3) is 0.182. The van der Waals surface area contributed by atoms with E-state index in [4.69, 9.17) is 0 Å². The van der Waals surface area contributed by atoms with Crippen molar-refractivity contribution < 1.29 is 22.8 Å². The van der Waals surface area contributed by atoms with Gasteiger partial charge in [0.15, 0.2) is 0 Å². The Hall–Kier alpha value is -3.35. The molecule has 0 bridgehead atoms. The molecule has 1 heterocycles. The van der Waals surface area contributed by atoms with Crippen molar-refractivity contribution in [3.05, 3.63) is 83.4 Å². The van der Waals surface area contributed by atoms with Gasteiger partial charge < -0.3 is 5.32 Å². The number of rotatable bonds is 3. The number of nitrogens with one attached hydrogen (secondary N) is 1. The van der Waals surface area contributed by atoms with Crippen LogP contribution in [0.15, 0.2) is 66.7 Å². The molecule has 7 heteroatoms. The lowest BCUT2D eigenvalue weighted by molar-refractivity contribution is -0.139. The van der Waals surface area contributed by atoms with Gasteiger partial charge in [-0.1, -0.05) is 60.7 Å². The fourth-order valence-electron chi connectivity index (χ4n) is 3.79. The molecule has 0 aliphatic carbocycles. The molecule has 0 aromatic heterocycles. The van der Waals surface area contributed by atoms with Gasteiger partial charge in [0, 0.05) is 0 Å². The summed E-state index contributed by atoms with van der Waals surface area (Å²) in [5.74, 6) is -0.587. The van der Waals surface area contributed by atoms with E-state index in [0.29, 0.717) is 5.56 Å². The van der Waals surface area contributed by atoms with Gasteiger partial charge in [0.05, 0.1) is 12.1 Å². The fourth-order valence-corrected chi connectivity index (χ4v) is 3.79. The molecule has 0 spiro atoms. The molecular weight excluding hydrogens is 381 g/mol. The molecule has 1 unspecified atom stereocenters. The first-order valence-electron chi connectivity index (χ1n) is 8.99. The second-order valence-corrected chi connectivity index (χ2v) is 7.13. The highest BCUT2D eigenvalue weighted by Crippen LogP contribution is 2.36. The third-order valence-corrected chi connectivity index (χ3v) is 5.25. The lowest BCUT2D eigenvalue weighted by Gasteiger charge is -2.24. The number of urea groups is 1. The van der Waals surface area contributed by atoms with Gasteiger partial charge in [0.25, 0.3) is 5.91 Å². The van der Waals surface area contributed by atoms with Crippen LogP contribution < -0.4 is 5.32 Å². The summed E-state index contributed by atoms with van der Waals surface area (Å²) in [4.78, 5) is 26.6. The van der Waals surface area contributed by atoms with E-state index in [1.807, 2.05) is 30.3 Å². The predicted octanol–water partition coefficient (Wildman–Crippen LogP) is 4.83. The normalized spacial score (nSPS) is 19.7. The summed E-state index contributed by atoms with van der Waals surface area (Å²) in [6.07, 6.45) is -4.57. The van der Waals surface area contributed by atoms with E-state index >= 15 is 0 Å². The molecule has 3 aromatic carbocycles. The number of nitrogens with zero attached hydrogens (tertiary/aromatic N) is 1. The van der Waals surface area contributed by atoms with Crippen LogP contribution in [0.25, 0.3) is 10.8 Å². The minimum atomic E-state index is -4.57. The number of amides is 3. The van der Waals surface area contributed by atoms with Crippen molar-refractivity contribution in [1.82, 2.24) is 10.2 Å². The average molecular weight is 398 g/mol. The quantitative estimate of drug-likeness (QED) is 0.643. The molecule has 0 radical (unpaired) electrons. The van der Waals surface area contributed by atoms with Gasteiger partial charge in [-0.3, -0.25) is 9.69 Å². The topological polar surface area (TPSA) is 49.4 Å². The third-order valence-electron chi connectivity index (χ3n) is 5.25. The molecule has 4 nitrogen and oxygen atoms in total. The molecular formula is C22H17F3N2O2. The van der Waals surface area contributed by atoms with E-state index in [2.05, 4.69) is 5.32 Å². The summed E-state index contributed by atoms with van der Waals surface area (Å²) in [5.41, 5.74) is -1.77.